The van der Waals surface area contributed by atoms with Crippen LogP contribution in [0.3, 0.4) is 0 Å². The molecule has 8 nitrogen and oxygen atoms in total. The van der Waals surface area contributed by atoms with Crippen LogP contribution in [0.25, 0.3) is 11.0 Å². The first kappa shape index (κ1) is 40.4. The fourth-order valence-electron chi connectivity index (χ4n) is 7.14. The second-order valence-electron chi connectivity index (χ2n) is 15.3. The molecular weight excluding hydrogens is 635 g/mol. The van der Waals surface area contributed by atoms with E-state index in [4.69, 9.17) is 15.8 Å². The number of hydrogen-bond acceptors (Lipinski definition) is 4. The number of hydrogen-bond donors (Lipinski definition) is 2. The maximum absolute atomic E-state index is 13.5. The number of amides is 2. The minimum absolute atomic E-state index is 0.103. The number of nitrogens with two attached hydrogens (primary N) is 1. The average Bonchev–Trinajstić information content (AvgIpc) is 3.91. The molecule has 0 saturated heterocycles. The van der Waals surface area contributed by atoms with Crippen molar-refractivity contribution in [3.05, 3.63) is 59.4 Å². The van der Waals surface area contributed by atoms with Crippen LogP contribution in [0.2, 0.25) is 0 Å². The van der Waals surface area contributed by atoms with E-state index in [1.165, 1.54) is 89.0 Å². The highest BCUT2D eigenvalue weighted by Gasteiger charge is 2.39. The number of unbranched alkanes of at least 4 members (excludes halogenated alkanes) is 14. The number of anilines is 1. The molecule has 1 aromatic heterocycles. The van der Waals surface area contributed by atoms with Gasteiger partial charge in [0, 0.05) is 32.1 Å². The van der Waals surface area contributed by atoms with Gasteiger partial charge in [-0.1, -0.05) is 135 Å². The summed E-state index contributed by atoms with van der Waals surface area (Å²) in [6.45, 7) is 9.32. The third kappa shape index (κ3) is 13.3. The number of fused-ring (bicyclic) bond motifs is 2. The van der Waals surface area contributed by atoms with Gasteiger partial charge in [-0.15, -0.1) is 0 Å². The van der Waals surface area contributed by atoms with E-state index in [2.05, 4.69) is 61.7 Å². The van der Waals surface area contributed by atoms with Crippen molar-refractivity contribution in [2.24, 2.45) is 11.7 Å². The number of rotatable bonds is 23. The van der Waals surface area contributed by atoms with E-state index in [1.54, 1.807) is 0 Å². The Balaban J connectivity index is 0.000000255. The molecule has 0 spiro atoms. The first-order chi connectivity index (χ1) is 24.8. The molecule has 282 valence electrons. The molecule has 0 atom stereocenters. The summed E-state index contributed by atoms with van der Waals surface area (Å²) in [5, 5.41) is 8.52. The van der Waals surface area contributed by atoms with Gasteiger partial charge in [0.15, 0.2) is 0 Å². The van der Waals surface area contributed by atoms with Crippen LogP contribution in [-0.4, -0.2) is 37.6 Å². The molecule has 1 aliphatic heterocycles. The van der Waals surface area contributed by atoms with Crippen molar-refractivity contribution < 1.29 is 14.7 Å². The minimum Gasteiger partial charge on any atom is -0.481 e. The molecule has 51 heavy (non-hydrogen) atoms. The summed E-state index contributed by atoms with van der Waals surface area (Å²) in [6, 6.07) is 15.0. The molecule has 0 radical (unpaired) electrons. The Kier molecular flexibility index (Phi) is 17.3. The number of carbonyl (C=O) groups excluding carboxylic acids is 1. The molecule has 0 bridgehead atoms. The fourth-order valence-corrected chi connectivity index (χ4v) is 7.14. The van der Waals surface area contributed by atoms with Gasteiger partial charge >= 0.3 is 12.0 Å². The Labute approximate surface area is 308 Å². The average molecular weight is 702 g/mol. The van der Waals surface area contributed by atoms with Crippen LogP contribution in [0.5, 0.6) is 0 Å². The zero-order chi connectivity index (χ0) is 36.4. The lowest BCUT2D eigenvalue weighted by Crippen LogP contribution is -2.48. The highest BCUT2D eigenvalue weighted by molar-refractivity contribution is 5.95. The lowest BCUT2D eigenvalue weighted by molar-refractivity contribution is -0.137. The third-order valence-corrected chi connectivity index (χ3v) is 10.4. The molecular formula is C43H67N5O3. The third-order valence-electron chi connectivity index (χ3n) is 10.4. The molecule has 2 aromatic carbocycles. The maximum atomic E-state index is 13.5. The van der Waals surface area contributed by atoms with E-state index in [1.807, 2.05) is 15.9 Å². The normalized spacial score (nSPS) is 14.3. The van der Waals surface area contributed by atoms with E-state index < -0.39 is 5.97 Å². The van der Waals surface area contributed by atoms with Crippen LogP contribution >= 0.6 is 0 Å². The predicted octanol–water partition coefficient (Wildman–Crippen LogP) is 11.0. The number of carbonyl (C=O) groups is 2. The summed E-state index contributed by atoms with van der Waals surface area (Å²) < 4.78 is 2.29. The van der Waals surface area contributed by atoms with E-state index >= 15 is 0 Å². The van der Waals surface area contributed by atoms with Gasteiger partial charge in [-0.3, -0.25) is 9.69 Å². The number of aliphatic carboxylic acids is 1. The number of aryl methyl sites for hydroxylation is 1. The maximum Gasteiger partial charge on any atom is 0.325 e. The Morgan fingerprint density at radius 3 is 2.06 bits per heavy atom. The Morgan fingerprint density at radius 1 is 0.882 bits per heavy atom. The lowest BCUT2D eigenvalue weighted by atomic mass is 10.0. The number of urea groups is 1. The van der Waals surface area contributed by atoms with Crippen molar-refractivity contribution >= 4 is 28.7 Å². The molecule has 2 aliphatic rings. The smallest absolute Gasteiger partial charge is 0.325 e. The van der Waals surface area contributed by atoms with Gasteiger partial charge in [-0.2, -0.15) is 0 Å². The van der Waals surface area contributed by atoms with Crippen molar-refractivity contribution in [1.29, 1.82) is 0 Å². The Morgan fingerprint density at radius 2 is 1.49 bits per heavy atom. The van der Waals surface area contributed by atoms with Gasteiger partial charge in [0.05, 0.1) is 23.3 Å². The van der Waals surface area contributed by atoms with Gasteiger partial charge in [0.1, 0.15) is 5.82 Å². The second-order valence-corrected chi connectivity index (χ2v) is 15.3. The molecule has 1 aliphatic carbocycles. The fraction of sp³-hybridized carbons (Fsp3) is 0.651. The van der Waals surface area contributed by atoms with Crippen LogP contribution in [0.1, 0.15) is 160 Å². The van der Waals surface area contributed by atoms with Gasteiger partial charge < -0.3 is 20.3 Å². The molecule has 3 aromatic rings. The largest absolute Gasteiger partial charge is 0.481 e. The summed E-state index contributed by atoms with van der Waals surface area (Å²) >= 11 is 0. The first-order valence-corrected chi connectivity index (χ1v) is 20.4. The monoisotopic (exact) mass is 702 g/mol. The molecule has 1 saturated carbocycles. The van der Waals surface area contributed by atoms with Crippen LogP contribution < -0.4 is 10.6 Å². The van der Waals surface area contributed by atoms with E-state index in [-0.39, 0.29) is 6.03 Å². The molecule has 2 amide bonds. The molecule has 1 fully saturated rings. The zero-order valence-electron chi connectivity index (χ0n) is 32.1. The second kappa shape index (κ2) is 21.9. The van der Waals surface area contributed by atoms with Gasteiger partial charge in [0.25, 0.3) is 0 Å². The molecule has 3 N–H and O–H groups in total. The number of benzene rings is 2. The highest BCUT2D eigenvalue weighted by atomic mass is 16.4. The van der Waals surface area contributed by atoms with Crippen LogP contribution in [0.15, 0.2) is 42.5 Å². The van der Waals surface area contributed by atoms with Crippen molar-refractivity contribution in [2.45, 2.75) is 175 Å². The van der Waals surface area contributed by atoms with Crippen molar-refractivity contribution in [2.75, 3.05) is 4.90 Å². The Hall–Kier alpha value is -3.39. The predicted molar refractivity (Wildman–Crippen MR) is 211 cm³/mol. The number of para-hydroxylation sites is 1. The van der Waals surface area contributed by atoms with Crippen molar-refractivity contribution in [1.82, 2.24) is 14.5 Å². The SMILES string of the molecule is CC(C)CCn1c(CN2C(=O)N(C3CC3)Cc3ccccc32)nc2cc(CN)ccc21.CCCCCCCCCCCCCCCCCC(=O)O. The van der Waals surface area contributed by atoms with E-state index in [0.717, 1.165) is 66.8 Å². The summed E-state index contributed by atoms with van der Waals surface area (Å²) in [7, 11) is 0. The standard InChI is InChI=1S/C25H31N5O.C18H36O2/c1-17(2)11-12-28-23-10-7-18(14-26)13-21(23)27-24(28)16-30-22-6-4-3-5-19(22)15-29(25(30)31)20-8-9-20;1-2-3-4-5-6-7-8-9-10-11-12-13-14-15-16-17-18(19)20/h3-7,10,13,17,20H,8-9,11-12,14-16,26H2,1-2H3;2-17H2,1H3,(H,19,20). The van der Waals surface area contributed by atoms with E-state index in [9.17, 15) is 9.59 Å². The lowest BCUT2D eigenvalue weighted by Gasteiger charge is -2.37. The molecule has 8 heteroatoms. The van der Waals surface area contributed by atoms with Crippen molar-refractivity contribution in [3.8, 4) is 0 Å². The number of carboxylic acids is 1. The number of nitrogens with zero attached hydrogens (tertiary/aromatic N) is 4. The van der Waals surface area contributed by atoms with E-state index in [0.29, 0.717) is 38.0 Å². The summed E-state index contributed by atoms with van der Waals surface area (Å²) in [5.41, 5.74) is 11.2. The Bertz CT molecular complexity index is 1480. The van der Waals surface area contributed by atoms with Crippen molar-refractivity contribution in [3.63, 3.8) is 0 Å². The summed E-state index contributed by atoms with van der Waals surface area (Å²) in [5.74, 6) is 0.877. The van der Waals surface area contributed by atoms with Gasteiger partial charge in [0.2, 0.25) is 0 Å². The van der Waals surface area contributed by atoms with Crippen LogP contribution in [-0.2, 0) is 31.0 Å². The number of imidazole rings is 1. The number of aromatic nitrogens is 2. The minimum atomic E-state index is -0.653. The highest BCUT2D eigenvalue weighted by Crippen LogP contribution is 2.37. The summed E-state index contributed by atoms with van der Waals surface area (Å²) in [4.78, 5) is 32.7. The number of carboxylic acid groups (broad SMARTS) is 1. The molecule has 5 rings (SSSR count). The molecule has 2 heterocycles. The van der Waals surface area contributed by atoms with Crippen LogP contribution in [0.4, 0.5) is 10.5 Å². The summed E-state index contributed by atoms with van der Waals surface area (Å²) in [6.07, 6.45) is 23.5. The van der Waals surface area contributed by atoms with Gasteiger partial charge in [-0.05, 0) is 60.9 Å². The quantitative estimate of drug-likeness (QED) is 0.0958. The van der Waals surface area contributed by atoms with Gasteiger partial charge in [-0.25, -0.2) is 9.78 Å². The molecule has 0 unspecified atom stereocenters. The zero-order valence-corrected chi connectivity index (χ0v) is 32.1. The van der Waals surface area contributed by atoms with Crippen LogP contribution in [0, 0.1) is 5.92 Å². The topological polar surface area (TPSA) is 105 Å². The first-order valence-electron chi connectivity index (χ1n) is 20.4.